The van der Waals surface area contributed by atoms with Crippen molar-refractivity contribution in [2.45, 2.75) is 13.5 Å². The number of anilines is 1. The van der Waals surface area contributed by atoms with E-state index in [0.29, 0.717) is 18.0 Å². The molecule has 0 radical (unpaired) electrons. The number of benzene rings is 1. The Labute approximate surface area is 115 Å². The summed E-state index contributed by atoms with van der Waals surface area (Å²) in [4.78, 5) is 16.8. The number of nitrogens with zero attached hydrogens (tertiary/aromatic N) is 1. The molecule has 0 saturated heterocycles. The molecule has 1 aromatic carbocycles. The maximum absolute atomic E-state index is 11.6. The molecule has 0 aliphatic carbocycles. The summed E-state index contributed by atoms with van der Waals surface area (Å²) in [6.45, 7) is 2.34. The van der Waals surface area contributed by atoms with Crippen LogP contribution in [0.4, 0.5) is 5.69 Å². The van der Waals surface area contributed by atoms with Crippen LogP contribution in [0.2, 0.25) is 0 Å². The predicted molar refractivity (Wildman–Crippen MR) is 75.0 cm³/mol. The van der Waals surface area contributed by atoms with E-state index < -0.39 is 0 Å². The number of para-hydroxylation sites is 2. The molecular formula is C13H15N3O2S. The Hall–Kier alpha value is -2.08. The second-order valence-corrected chi connectivity index (χ2v) is 4.90. The zero-order chi connectivity index (χ0) is 13.7. The lowest BCUT2D eigenvalue weighted by atomic mass is 10.3. The summed E-state index contributed by atoms with van der Waals surface area (Å²) in [5, 5.41) is 2.78. The molecule has 0 unspecified atom stereocenters. The second kappa shape index (κ2) is 6.19. The van der Waals surface area contributed by atoms with Gasteiger partial charge < -0.3 is 15.8 Å². The summed E-state index contributed by atoms with van der Waals surface area (Å²) >= 11 is 1.52. The number of hydrogen-bond donors (Lipinski definition) is 2. The average molecular weight is 277 g/mol. The maximum atomic E-state index is 11.6. The standard InChI is InChI=1S/C13H15N3O2S/c1-9-12(19-8-16-9)6-15-13(17)7-18-11-5-3-2-4-10(11)14/h2-5,8H,6-7,14H2,1H3,(H,15,17). The number of rotatable bonds is 5. The van der Waals surface area contributed by atoms with Gasteiger partial charge in [-0.3, -0.25) is 4.79 Å². The normalized spacial score (nSPS) is 10.2. The van der Waals surface area contributed by atoms with Gasteiger partial charge in [-0.15, -0.1) is 11.3 Å². The van der Waals surface area contributed by atoms with Crippen molar-refractivity contribution in [1.29, 1.82) is 0 Å². The van der Waals surface area contributed by atoms with Crippen molar-refractivity contribution < 1.29 is 9.53 Å². The number of carbonyl (C=O) groups excluding carboxylic acids is 1. The van der Waals surface area contributed by atoms with E-state index in [9.17, 15) is 4.79 Å². The molecule has 19 heavy (non-hydrogen) atoms. The first kappa shape index (κ1) is 13.4. The van der Waals surface area contributed by atoms with Crippen LogP contribution in [0.1, 0.15) is 10.6 Å². The minimum atomic E-state index is -0.184. The van der Waals surface area contributed by atoms with E-state index in [0.717, 1.165) is 10.6 Å². The number of nitrogens with two attached hydrogens (primary N) is 1. The molecule has 2 aromatic rings. The molecular weight excluding hydrogens is 262 g/mol. The van der Waals surface area contributed by atoms with Crippen molar-refractivity contribution in [2.75, 3.05) is 12.3 Å². The highest BCUT2D eigenvalue weighted by Gasteiger charge is 2.06. The van der Waals surface area contributed by atoms with Crippen LogP contribution < -0.4 is 15.8 Å². The van der Waals surface area contributed by atoms with E-state index >= 15 is 0 Å². The van der Waals surface area contributed by atoms with Gasteiger partial charge in [-0.2, -0.15) is 0 Å². The van der Waals surface area contributed by atoms with Gasteiger partial charge in [0.1, 0.15) is 5.75 Å². The number of aromatic nitrogens is 1. The molecule has 1 aromatic heterocycles. The molecule has 0 atom stereocenters. The molecule has 0 spiro atoms. The summed E-state index contributed by atoms with van der Waals surface area (Å²) in [5.74, 6) is 0.336. The van der Waals surface area contributed by atoms with E-state index in [2.05, 4.69) is 10.3 Å². The van der Waals surface area contributed by atoms with E-state index in [1.807, 2.05) is 19.1 Å². The van der Waals surface area contributed by atoms with Gasteiger partial charge in [0.2, 0.25) is 0 Å². The summed E-state index contributed by atoms with van der Waals surface area (Å²) in [7, 11) is 0. The lowest BCUT2D eigenvalue weighted by Gasteiger charge is -2.08. The molecule has 2 rings (SSSR count). The highest BCUT2D eigenvalue weighted by Crippen LogP contribution is 2.19. The van der Waals surface area contributed by atoms with Crippen LogP contribution in [0.3, 0.4) is 0 Å². The van der Waals surface area contributed by atoms with Crippen LogP contribution in [0.25, 0.3) is 0 Å². The lowest BCUT2D eigenvalue weighted by molar-refractivity contribution is -0.123. The molecule has 1 amide bonds. The topological polar surface area (TPSA) is 77.2 Å². The van der Waals surface area contributed by atoms with Crippen molar-refractivity contribution >= 4 is 22.9 Å². The van der Waals surface area contributed by atoms with Crippen LogP contribution >= 0.6 is 11.3 Å². The first-order valence-electron chi connectivity index (χ1n) is 5.80. The first-order valence-corrected chi connectivity index (χ1v) is 6.67. The number of amides is 1. The largest absolute Gasteiger partial charge is 0.482 e. The molecule has 3 N–H and O–H groups in total. The van der Waals surface area contributed by atoms with Crippen molar-refractivity contribution in [3.8, 4) is 5.75 Å². The minimum absolute atomic E-state index is 0.0495. The van der Waals surface area contributed by atoms with Crippen LogP contribution in [0.15, 0.2) is 29.8 Å². The number of aryl methyl sites for hydroxylation is 1. The van der Waals surface area contributed by atoms with Crippen molar-refractivity contribution in [2.24, 2.45) is 0 Å². The SMILES string of the molecule is Cc1ncsc1CNC(=O)COc1ccccc1N. The van der Waals surface area contributed by atoms with Gasteiger partial charge in [0.25, 0.3) is 5.91 Å². The second-order valence-electron chi connectivity index (χ2n) is 3.96. The number of hydrogen-bond acceptors (Lipinski definition) is 5. The number of nitrogen functional groups attached to an aromatic ring is 1. The average Bonchev–Trinajstić information content (AvgIpc) is 2.81. The quantitative estimate of drug-likeness (QED) is 0.816. The predicted octanol–water partition coefficient (Wildman–Crippen LogP) is 1.73. The summed E-state index contributed by atoms with van der Waals surface area (Å²) in [6.07, 6.45) is 0. The van der Waals surface area contributed by atoms with Crippen molar-refractivity contribution in [1.82, 2.24) is 10.3 Å². The number of carbonyl (C=O) groups is 1. The highest BCUT2D eigenvalue weighted by atomic mass is 32.1. The van der Waals surface area contributed by atoms with E-state index in [1.54, 1.807) is 17.6 Å². The first-order chi connectivity index (χ1) is 9.16. The fraction of sp³-hybridized carbons (Fsp3) is 0.231. The molecule has 0 bridgehead atoms. The van der Waals surface area contributed by atoms with Crippen LogP contribution in [-0.2, 0) is 11.3 Å². The minimum Gasteiger partial charge on any atom is -0.482 e. The van der Waals surface area contributed by atoms with E-state index in [1.165, 1.54) is 11.3 Å². The Morgan fingerprint density at radius 3 is 2.95 bits per heavy atom. The van der Waals surface area contributed by atoms with Crippen molar-refractivity contribution in [3.05, 3.63) is 40.3 Å². The van der Waals surface area contributed by atoms with Crippen molar-refractivity contribution in [3.63, 3.8) is 0 Å². The Kier molecular flexibility index (Phi) is 4.35. The Morgan fingerprint density at radius 1 is 1.47 bits per heavy atom. The molecule has 5 nitrogen and oxygen atoms in total. The van der Waals surface area contributed by atoms with Gasteiger partial charge in [0.15, 0.2) is 6.61 Å². The molecule has 0 aliphatic rings. The molecule has 0 aliphatic heterocycles. The van der Waals surface area contributed by atoms with Gasteiger partial charge in [-0.1, -0.05) is 12.1 Å². The molecule has 6 heteroatoms. The molecule has 0 fully saturated rings. The maximum Gasteiger partial charge on any atom is 0.258 e. The molecule has 100 valence electrons. The number of thiazole rings is 1. The summed E-state index contributed by atoms with van der Waals surface area (Å²) in [6, 6.07) is 7.09. The number of nitrogens with one attached hydrogen (secondary N) is 1. The monoisotopic (exact) mass is 277 g/mol. The van der Waals surface area contributed by atoms with Gasteiger partial charge in [-0.05, 0) is 19.1 Å². The Morgan fingerprint density at radius 2 is 2.26 bits per heavy atom. The zero-order valence-corrected chi connectivity index (χ0v) is 11.4. The third kappa shape index (κ3) is 3.69. The molecule has 0 saturated carbocycles. The summed E-state index contributed by atoms with van der Waals surface area (Å²) in [5.41, 5.74) is 8.94. The van der Waals surface area contributed by atoms with Gasteiger partial charge in [-0.25, -0.2) is 4.98 Å². The van der Waals surface area contributed by atoms with E-state index in [-0.39, 0.29) is 12.5 Å². The van der Waals surface area contributed by atoms with Gasteiger partial charge in [0, 0.05) is 4.88 Å². The third-order valence-electron chi connectivity index (χ3n) is 2.57. The van der Waals surface area contributed by atoms with Crippen LogP contribution in [0.5, 0.6) is 5.75 Å². The third-order valence-corrected chi connectivity index (χ3v) is 3.50. The van der Waals surface area contributed by atoms with Crippen LogP contribution in [0, 0.1) is 6.92 Å². The van der Waals surface area contributed by atoms with Gasteiger partial charge in [0.05, 0.1) is 23.4 Å². The smallest absolute Gasteiger partial charge is 0.258 e. The lowest BCUT2D eigenvalue weighted by Crippen LogP contribution is -2.28. The van der Waals surface area contributed by atoms with E-state index in [4.69, 9.17) is 10.5 Å². The fourth-order valence-electron chi connectivity index (χ4n) is 1.48. The Bertz CT molecular complexity index is 569. The van der Waals surface area contributed by atoms with Gasteiger partial charge >= 0.3 is 0 Å². The summed E-state index contributed by atoms with van der Waals surface area (Å²) < 4.78 is 5.35. The Balaban J connectivity index is 1.79. The zero-order valence-electron chi connectivity index (χ0n) is 10.6. The molecule has 1 heterocycles. The highest BCUT2D eigenvalue weighted by molar-refractivity contribution is 7.09. The number of ether oxygens (including phenoxy) is 1. The fourth-order valence-corrected chi connectivity index (χ4v) is 2.20. The van der Waals surface area contributed by atoms with Crippen LogP contribution in [-0.4, -0.2) is 17.5 Å².